The van der Waals surface area contributed by atoms with Crippen LogP contribution in [0.1, 0.15) is 10.4 Å². The van der Waals surface area contributed by atoms with Crippen molar-refractivity contribution in [2.24, 2.45) is 0 Å². The van der Waals surface area contributed by atoms with Gasteiger partial charge < -0.3 is 5.11 Å². The van der Waals surface area contributed by atoms with Crippen LogP contribution in [-0.4, -0.2) is 54.9 Å². The molecule has 2 heterocycles. The van der Waals surface area contributed by atoms with Gasteiger partial charge in [0.2, 0.25) is 0 Å². The number of hydrogen-bond donors (Lipinski definition) is 1. The minimum atomic E-state index is -3.57. The Labute approximate surface area is 161 Å². The van der Waals surface area contributed by atoms with Crippen LogP contribution in [-0.2, 0) is 27.8 Å². The molecule has 0 atom stereocenters. The summed E-state index contributed by atoms with van der Waals surface area (Å²) in [5.74, 6) is -0.967. The van der Waals surface area contributed by atoms with Crippen molar-refractivity contribution in [3.63, 3.8) is 0 Å². The maximum Gasteiger partial charge on any atom is 0.308 e. The van der Waals surface area contributed by atoms with Crippen LogP contribution < -0.4 is 0 Å². The number of nitrogens with zero attached hydrogens (tertiary/aromatic N) is 2. The predicted molar refractivity (Wildman–Crippen MR) is 101 cm³/mol. The van der Waals surface area contributed by atoms with Gasteiger partial charge in [-0.25, -0.2) is 8.42 Å². The summed E-state index contributed by atoms with van der Waals surface area (Å²) < 4.78 is 27.2. The predicted octanol–water partition coefficient (Wildman–Crippen LogP) is 2.54. The quantitative estimate of drug-likeness (QED) is 0.785. The molecule has 0 saturated carbocycles. The van der Waals surface area contributed by atoms with Gasteiger partial charge in [0.1, 0.15) is 4.21 Å². The van der Waals surface area contributed by atoms with Gasteiger partial charge >= 0.3 is 5.97 Å². The number of rotatable bonds is 6. The zero-order valence-corrected chi connectivity index (χ0v) is 16.4. The summed E-state index contributed by atoms with van der Waals surface area (Å²) in [6.07, 6.45) is -0.159. The standard InChI is InChI=1S/C17H19ClN2O4S2/c18-14-3-1-2-13(10-14)12-19-6-8-20(9-7-19)26(23,24)17-5-4-15(25-17)11-16(21)22/h1-5,10H,6-9,11-12H2,(H,21,22). The Bertz CT molecular complexity index is 890. The third kappa shape index (κ3) is 4.63. The van der Waals surface area contributed by atoms with Crippen molar-refractivity contribution in [2.45, 2.75) is 17.2 Å². The fourth-order valence-corrected chi connectivity index (χ4v) is 6.03. The van der Waals surface area contributed by atoms with E-state index >= 15 is 0 Å². The molecule has 2 aromatic rings. The monoisotopic (exact) mass is 414 g/mol. The van der Waals surface area contributed by atoms with Crippen LogP contribution in [0, 0.1) is 0 Å². The lowest BCUT2D eigenvalue weighted by Gasteiger charge is -2.33. The first-order valence-corrected chi connectivity index (χ1v) is 10.8. The number of halogens is 1. The molecule has 1 fully saturated rings. The highest BCUT2D eigenvalue weighted by Gasteiger charge is 2.29. The molecule has 1 aromatic carbocycles. The number of aliphatic carboxylic acids is 1. The molecule has 9 heteroatoms. The van der Waals surface area contributed by atoms with E-state index < -0.39 is 16.0 Å². The van der Waals surface area contributed by atoms with E-state index in [2.05, 4.69) is 4.90 Å². The van der Waals surface area contributed by atoms with Crippen molar-refractivity contribution in [2.75, 3.05) is 26.2 Å². The van der Waals surface area contributed by atoms with E-state index in [1.165, 1.54) is 10.4 Å². The second kappa shape index (κ2) is 8.06. The lowest BCUT2D eigenvalue weighted by molar-refractivity contribution is -0.136. The van der Waals surface area contributed by atoms with Crippen LogP contribution in [0.4, 0.5) is 0 Å². The van der Waals surface area contributed by atoms with E-state index in [0.717, 1.165) is 23.4 Å². The highest BCUT2D eigenvalue weighted by molar-refractivity contribution is 7.91. The molecule has 26 heavy (non-hydrogen) atoms. The Balaban J connectivity index is 1.61. The van der Waals surface area contributed by atoms with Gasteiger partial charge in [-0.05, 0) is 29.8 Å². The number of thiophene rings is 1. The summed E-state index contributed by atoms with van der Waals surface area (Å²) >= 11 is 7.03. The largest absolute Gasteiger partial charge is 0.481 e. The zero-order chi connectivity index (χ0) is 18.7. The number of benzene rings is 1. The molecule has 0 bridgehead atoms. The van der Waals surface area contributed by atoms with Crippen molar-refractivity contribution in [3.8, 4) is 0 Å². The van der Waals surface area contributed by atoms with Gasteiger partial charge in [-0.3, -0.25) is 9.69 Å². The number of sulfonamides is 1. The van der Waals surface area contributed by atoms with Gasteiger partial charge in [0.15, 0.2) is 0 Å². The normalized spacial score (nSPS) is 16.7. The summed E-state index contributed by atoms with van der Waals surface area (Å²) in [6.45, 7) is 2.83. The lowest BCUT2D eigenvalue weighted by atomic mass is 10.2. The van der Waals surface area contributed by atoms with Crippen LogP contribution in [0.25, 0.3) is 0 Å². The Morgan fingerprint density at radius 3 is 2.54 bits per heavy atom. The van der Waals surface area contributed by atoms with Gasteiger partial charge in [-0.2, -0.15) is 4.31 Å². The average molecular weight is 415 g/mol. The van der Waals surface area contributed by atoms with Gasteiger partial charge in [-0.1, -0.05) is 23.7 Å². The molecule has 1 aliphatic rings. The van der Waals surface area contributed by atoms with Gasteiger partial charge in [-0.15, -0.1) is 11.3 Å². The van der Waals surface area contributed by atoms with E-state index in [1.807, 2.05) is 24.3 Å². The SMILES string of the molecule is O=C(O)Cc1ccc(S(=O)(=O)N2CCN(Cc3cccc(Cl)c3)CC2)s1. The maximum absolute atomic E-state index is 12.7. The molecule has 3 rings (SSSR count). The van der Waals surface area contributed by atoms with E-state index in [4.69, 9.17) is 16.7 Å². The highest BCUT2D eigenvalue weighted by atomic mass is 35.5. The molecule has 0 spiro atoms. The number of hydrogen-bond acceptors (Lipinski definition) is 5. The zero-order valence-electron chi connectivity index (χ0n) is 14.0. The molecule has 1 saturated heterocycles. The smallest absolute Gasteiger partial charge is 0.308 e. The number of piperazine rings is 1. The third-order valence-electron chi connectivity index (χ3n) is 4.18. The molecule has 0 aliphatic carbocycles. The topological polar surface area (TPSA) is 77.9 Å². The summed E-state index contributed by atoms with van der Waals surface area (Å²) in [5.41, 5.74) is 1.10. The molecule has 140 valence electrons. The van der Waals surface area contributed by atoms with Gasteiger partial charge in [0.25, 0.3) is 10.0 Å². The summed E-state index contributed by atoms with van der Waals surface area (Å²) in [7, 11) is -3.57. The molecule has 0 amide bonds. The second-order valence-electron chi connectivity index (χ2n) is 6.10. The maximum atomic E-state index is 12.7. The Morgan fingerprint density at radius 1 is 1.15 bits per heavy atom. The average Bonchev–Trinajstić information content (AvgIpc) is 3.04. The van der Waals surface area contributed by atoms with Crippen molar-refractivity contribution in [1.82, 2.24) is 9.21 Å². The molecule has 0 radical (unpaired) electrons. The minimum Gasteiger partial charge on any atom is -0.481 e. The summed E-state index contributed by atoms with van der Waals surface area (Å²) in [4.78, 5) is 13.5. The Kier molecular flexibility index (Phi) is 5.99. The fourth-order valence-electron chi connectivity index (χ4n) is 2.89. The van der Waals surface area contributed by atoms with E-state index in [-0.39, 0.29) is 10.6 Å². The van der Waals surface area contributed by atoms with Crippen molar-refractivity contribution in [3.05, 3.63) is 51.9 Å². The van der Waals surface area contributed by atoms with Gasteiger partial charge in [0, 0.05) is 42.6 Å². The molecular weight excluding hydrogens is 396 g/mol. The van der Waals surface area contributed by atoms with Crippen LogP contribution >= 0.6 is 22.9 Å². The van der Waals surface area contributed by atoms with Gasteiger partial charge in [0.05, 0.1) is 6.42 Å². The molecule has 1 aliphatic heterocycles. The third-order valence-corrected chi connectivity index (χ3v) is 7.87. The molecule has 1 N–H and O–H groups in total. The van der Waals surface area contributed by atoms with Crippen LogP contribution in [0.2, 0.25) is 5.02 Å². The first-order chi connectivity index (χ1) is 12.3. The molecule has 6 nitrogen and oxygen atoms in total. The summed E-state index contributed by atoms with van der Waals surface area (Å²) in [5, 5.41) is 9.52. The van der Waals surface area contributed by atoms with E-state index in [1.54, 1.807) is 6.07 Å². The van der Waals surface area contributed by atoms with E-state index in [0.29, 0.717) is 36.1 Å². The highest BCUT2D eigenvalue weighted by Crippen LogP contribution is 2.26. The van der Waals surface area contributed by atoms with E-state index in [9.17, 15) is 13.2 Å². The summed E-state index contributed by atoms with van der Waals surface area (Å²) in [6, 6.07) is 10.7. The first-order valence-electron chi connectivity index (χ1n) is 8.12. The minimum absolute atomic E-state index is 0.159. The van der Waals surface area contributed by atoms with Crippen molar-refractivity contribution >= 4 is 38.9 Å². The van der Waals surface area contributed by atoms with Crippen LogP contribution in [0.5, 0.6) is 0 Å². The fraction of sp³-hybridized carbons (Fsp3) is 0.353. The lowest BCUT2D eigenvalue weighted by Crippen LogP contribution is -2.48. The second-order valence-corrected chi connectivity index (χ2v) is 9.87. The molecular formula is C17H19ClN2O4S2. The number of carboxylic acids is 1. The first kappa shape index (κ1) is 19.3. The van der Waals surface area contributed by atoms with Crippen LogP contribution in [0.3, 0.4) is 0 Å². The van der Waals surface area contributed by atoms with Crippen molar-refractivity contribution < 1.29 is 18.3 Å². The number of carbonyl (C=O) groups is 1. The molecule has 1 aromatic heterocycles. The Morgan fingerprint density at radius 2 is 1.88 bits per heavy atom. The number of carboxylic acid groups (broad SMARTS) is 1. The Hall–Kier alpha value is -1.45. The van der Waals surface area contributed by atoms with Crippen molar-refractivity contribution in [1.29, 1.82) is 0 Å². The molecule has 0 unspecified atom stereocenters. The van der Waals surface area contributed by atoms with Crippen LogP contribution in [0.15, 0.2) is 40.6 Å².